The molecule has 0 saturated carbocycles. The van der Waals surface area contributed by atoms with Crippen molar-refractivity contribution in [1.29, 1.82) is 0 Å². The molecule has 2 amide bonds. The summed E-state index contributed by atoms with van der Waals surface area (Å²) in [6.45, 7) is 3.70. The predicted octanol–water partition coefficient (Wildman–Crippen LogP) is 3.95. The van der Waals surface area contributed by atoms with E-state index in [2.05, 4.69) is 51.0 Å². The lowest BCUT2D eigenvalue weighted by Gasteiger charge is -2.06. The predicted molar refractivity (Wildman–Crippen MR) is 102 cm³/mol. The Hall–Kier alpha value is -1.63. The first-order chi connectivity index (χ1) is 12.3. The number of urea groups is 1. The van der Waals surface area contributed by atoms with Gasteiger partial charge < -0.3 is 10.6 Å². The van der Waals surface area contributed by atoms with Crippen molar-refractivity contribution in [1.82, 2.24) is 21.6 Å². The maximum absolute atomic E-state index is 11.5. The highest BCUT2D eigenvalue weighted by Crippen LogP contribution is 2.09. The molecular formula is C18H36N6O. The van der Waals surface area contributed by atoms with E-state index >= 15 is 0 Å². The van der Waals surface area contributed by atoms with Crippen molar-refractivity contribution < 1.29 is 4.79 Å². The van der Waals surface area contributed by atoms with Gasteiger partial charge in [0.1, 0.15) is 6.17 Å². The van der Waals surface area contributed by atoms with Crippen LogP contribution in [0, 0.1) is 0 Å². The molecule has 0 saturated heterocycles. The van der Waals surface area contributed by atoms with Crippen molar-refractivity contribution >= 4 is 6.03 Å². The molecule has 7 heteroatoms. The van der Waals surface area contributed by atoms with Gasteiger partial charge in [0.25, 0.3) is 0 Å². The molecule has 0 aromatic heterocycles. The van der Waals surface area contributed by atoms with Gasteiger partial charge in [-0.3, -0.25) is 0 Å². The summed E-state index contributed by atoms with van der Waals surface area (Å²) in [5.41, 5.74) is 5.64. The molecule has 0 bridgehead atoms. The summed E-state index contributed by atoms with van der Waals surface area (Å²) >= 11 is 0. The van der Waals surface area contributed by atoms with E-state index < -0.39 is 0 Å². The van der Waals surface area contributed by atoms with Crippen LogP contribution in [0.15, 0.2) is 22.5 Å². The Morgan fingerprint density at radius 2 is 1.64 bits per heavy atom. The first-order valence-electron chi connectivity index (χ1n) is 9.90. The number of nitrogens with one attached hydrogen (secondary N) is 4. The van der Waals surface area contributed by atoms with Gasteiger partial charge in [0.15, 0.2) is 0 Å². The lowest BCUT2D eigenvalue weighted by atomic mass is 10.1. The van der Waals surface area contributed by atoms with Gasteiger partial charge >= 0.3 is 6.03 Å². The minimum absolute atomic E-state index is 0.0308. The number of allylic oxidation sites excluding steroid dienone is 2. The molecule has 1 aliphatic heterocycles. The van der Waals surface area contributed by atoms with Gasteiger partial charge in [0, 0.05) is 13.1 Å². The number of rotatable bonds is 15. The summed E-state index contributed by atoms with van der Waals surface area (Å²) in [7, 11) is 0. The van der Waals surface area contributed by atoms with Crippen molar-refractivity contribution in [2.75, 3.05) is 13.1 Å². The Morgan fingerprint density at radius 3 is 2.28 bits per heavy atom. The molecule has 0 radical (unpaired) electrons. The quantitative estimate of drug-likeness (QED) is 0.266. The van der Waals surface area contributed by atoms with Gasteiger partial charge in [-0.1, -0.05) is 43.6 Å². The number of nitrogens with zero attached hydrogens (tertiary/aromatic N) is 2. The van der Waals surface area contributed by atoms with Crippen molar-refractivity contribution in [3.63, 3.8) is 0 Å². The summed E-state index contributed by atoms with van der Waals surface area (Å²) in [4.78, 5) is 11.5. The number of unbranched alkanes of at least 4 members (excludes halogenated alkanes) is 7. The molecule has 1 rings (SSSR count). The highest BCUT2D eigenvalue weighted by atomic mass is 16.2. The van der Waals surface area contributed by atoms with Gasteiger partial charge in [-0.25, -0.2) is 10.3 Å². The van der Waals surface area contributed by atoms with Crippen molar-refractivity contribution in [2.24, 2.45) is 10.3 Å². The number of hydrazine groups is 1. The van der Waals surface area contributed by atoms with Crippen LogP contribution in [0.1, 0.15) is 77.6 Å². The molecule has 7 nitrogen and oxygen atoms in total. The summed E-state index contributed by atoms with van der Waals surface area (Å²) in [6.07, 6.45) is 17.2. The van der Waals surface area contributed by atoms with Gasteiger partial charge in [-0.2, -0.15) is 5.43 Å². The topological polar surface area (TPSA) is 89.9 Å². The van der Waals surface area contributed by atoms with E-state index in [1.54, 1.807) is 0 Å². The minimum atomic E-state index is -0.0308. The second-order valence-corrected chi connectivity index (χ2v) is 6.48. The average molecular weight is 353 g/mol. The number of carbonyl (C=O) groups excluding carboxylic acids is 1. The molecule has 4 N–H and O–H groups in total. The smallest absolute Gasteiger partial charge is 0.314 e. The maximum Gasteiger partial charge on any atom is 0.314 e. The zero-order valence-electron chi connectivity index (χ0n) is 15.7. The molecule has 0 aromatic carbocycles. The molecule has 1 heterocycles. The van der Waals surface area contributed by atoms with Crippen LogP contribution in [-0.4, -0.2) is 25.3 Å². The van der Waals surface area contributed by atoms with E-state index in [0.29, 0.717) is 0 Å². The summed E-state index contributed by atoms with van der Waals surface area (Å²) in [5, 5.41) is 13.5. The fourth-order valence-electron chi connectivity index (χ4n) is 2.60. The number of amides is 2. The van der Waals surface area contributed by atoms with E-state index in [0.717, 1.165) is 51.6 Å². The molecule has 1 unspecified atom stereocenters. The zero-order valence-corrected chi connectivity index (χ0v) is 15.7. The van der Waals surface area contributed by atoms with Crippen LogP contribution in [0.5, 0.6) is 0 Å². The molecule has 0 spiro atoms. The van der Waals surface area contributed by atoms with Crippen LogP contribution in [0.2, 0.25) is 0 Å². The fourth-order valence-corrected chi connectivity index (χ4v) is 2.60. The Balaban J connectivity index is 1.77. The third kappa shape index (κ3) is 13.3. The summed E-state index contributed by atoms with van der Waals surface area (Å²) in [5.74, 6) is 0. The largest absolute Gasteiger partial charge is 0.338 e. The second-order valence-electron chi connectivity index (χ2n) is 6.48. The van der Waals surface area contributed by atoms with Crippen molar-refractivity contribution in [2.45, 2.75) is 83.7 Å². The standard InChI is InChI=1S/C18H36N6O/c1-2-3-12-15-19-18(25)20-16-13-10-8-6-4-5-7-9-11-14-17-21-23-24-22-17/h4,6,17H,2-3,5,7-16H2,1H3,(H,21,24)(H,22,23)(H2,19,20,25). The van der Waals surface area contributed by atoms with Gasteiger partial charge in [0.2, 0.25) is 0 Å². The Labute approximate surface area is 152 Å². The van der Waals surface area contributed by atoms with Crippen LogP contribution < -0.4 is 21.6 Å². The molecule has 25 heavy (non-hydrogen) atoms. The number of carbonyl (C=O) groups is 1. The van der Waals surface area contributed by atoms with Crippen LogP contribution >= 0.6 is 0 Å². The summed E-state index contributed by atoms with van der Waals surface area (Å²) < 4.78 is 0. The molecule has 0 fully saturated rings. The molecule has 144 valence electrons. The third-order valence-electron chi connectivity index (χ3n) is 4.14. The third-order valence-corrected chi connectivity index (χ3v) is 4.14. The fraction of sp³-hybridized carbons (Fsp3) is 0.833. The van der Waals surface area contributed by atoms with E-state index in [1.807, 2.05) is 0 Å². The highest BCUT2D eigenvalue weighted by molar-refractivity contribution is 5.73. The Morgan fingerprint density at radius 1 is 0.960 bits per heavy atom. The Kier molecular flexibility index (Phi) is 13.6. The van der Waals surface area contributed by atoms with Crippen LogP contribution in [0.4, 0.5) is 4.79 Å². The highest BCUT2D eigenvalue weighted by Gasteiger charge is 2.08. The van der Waals surface area contributed by atoms with Crippen molar-refractivity contribution in [3.05, 3.63) is 12.2 Å². The van der Waals surface area contributed by atoms with Crippen LogP contribution in [0.3, 0.4) is 0 Å². The first-order valence-corrected chi connectivity index (χ1v) is 9.90. The summed E-state index contributed by atoms with van der Waals surface area (Å²) in [6, 6.07) is -0.0308. The lowest BCUT2D eigenvalue weighted by Crippen LogP contribution is -2.36. The van der Waals surface area contributed by atoms with Gasteiger partial charge in [-0.05, 0) is 51.4 Å². The van der Waals surface area contributed by atoms with Crippen LogP contribution in [-0.2, 0) is 0 Å². The molecular weight excluding hydrogens is 316 g/mol. The van der Waals surface area contributed by atoms with E-state index in [-0.39, 0.29) is 12.2 Å². The molecule has 1 aliphatic rings. The first kappa shape index (κ1) is 21.4. The molecule has 1 atom stereocenters. The number of hydrogen-bond acceptors (Lipinski definition) is 5. The monoisotopic (exact) mass is 352 g/mol. The van der Waals surface area contributed by atoms with Gasteiger partial charge in [0.05, 0.1) is 0 Å². The number of hydrogen-bond donors (Lipinski definition) is 4. The van der Waals surface area contributed by atoms with E-state index in [4.69, 9.17) is 0 Å². The SMILES string of the molecule is CCCCCNC(=O)NCCCCC=CCCCCCC1N=NNN1. The lowest BCUT2D eigenvalue weighted by molar-refractivity contribution is 0.240. The van der Waals surface area contributed by atoms with Crippen LogP contribution in [0.25, 0.3) is 0 Å². The second kappa shape index (κ2) is 15.9. The Bertz CT molecular complexity index is 386. The maximum atomic E-state index is 11.5. The van der Waals surface area contributed by atoms with E-state index in [1.165, 1.54) is 32.1 Å². The van der Waals surface area contributed by atoms with Crippen molar-refractivity contribution in [3.8, 4) is 0 Å². The van der Waals surface area contributed by atoms with E-state index in [9.17, 15) is 4.79 Å². The molecule has 0 aromatic rings. The minimum Gasteiger partial charge on any atom is -0.338 e. The zero-order chi connectivity index (χ0) is 18.0. The average Bonchev–Trinajstić information content (AvgIpc) is 3.13. The molecule has 0 aliphatic carbocycles. The van der Waals surface area contributed by atoms with Gasteiger partial charge in [-0.15, -0.1) is 5.11 Å². The normalized spacial score (nSPS) is 16.3.